The molecule has 0 radical (unpaired) electrons. The zero-order chi connectivity index (χ0) is 17.7. The molecule has 0 aliphatic carbocycles. The van der Waals surface area contributed by atoms with Gasteiger partial charge in [0, 0.05) is 31.1 Å². The number of nitrogens with zero attached hydrogens (tertiary/aromatic N) is 1. The maximum Gasteiger partial charge on any atom is 0.345 e. The Bertz CT molecular complexity index is 746. The molecule has 1 aromatic carbocycles. The standard InChI is InChI=1S/C18H20N2O4/c1-12-7-8-13(10-14-6-4-5-9-19-14)11-15(12)20-16(21)18(2,24-3)17(22)23/h4-9,11H,10H2,1-3H3,(H,20,21)(H,22,23). The van der Waals surface area contributed by atoms with Crippen LogP contribution in [-0.2, 0) is 20.7 Å². The lowest BCUT2D eigenvalue weighted by atomic mass is 10.0. The molecule has 1 unspecified atom stereocenters. The summed E-state index contributed by atoms with van der Waals surface area (Å²) in [5.74, 6) is -2.07. The number of amides is 1. The number of carbonyl (C=O) groups is 2. The Morgan fingerprint density at radius 1 is 1.29 bits per heavy atom. The Labute approximate surface area is 140 Å². The molecule has 1 amide bonds. The van der Waals surface area contributed by atoms with Gasteiger partial charge in [0.2, 0.25) is 5.60 Å². The summed E-state index contributed by atoms with van der Waals surface area (Å²) in [6.45, 7) is 3.06. The molecule has 2 aromatic rings. The number of methoxy groups -OCH3 is 1. The lowest BCUT2D eigenvalue weighted by molar-refractivity contribution is -0.165. The quantitative estimate of drug-likeness (QED) is 0.795. The first kappa shape index (κ1) is 17.6. The molecular formula is C18H20N2O4. The number of rotatable bonds is 6. The van der Waals surface area contributed by atoms with E-state index in [4.69, 9.17) is 4.74 Å². The first-order chi connectivity index (χ1) is 11.4. The molecule has 0 spiro atoms. The molecule has 6 nitrogen and oxygen atoms in total. The van der Waals surface area contributed by atoms with Gasteiger partial charge in [0.25, 0.3) is 5.91 Å². The number of ether oxygens (including phenoxy) is 1. The van der Waals surface area contributed by atoms with E-state index in [1.54, 1.807) is 6.20 Å². The first-order valence-electron chi connectivity index (χ1n) is 7.46. The van der Waals surface area contributed by atoms with Crippen molar-refractivity contribution >= 4 is 17.6 Å². The summed E-state index contributed by atoms with van der Waals surface area (Å²) in [6.07, 6.45) is 2.34. The number of benzene rings is 1. The van der Waals surface area contributed by atoms with Gasteiger partial charge in [-0.25, -0.2) is 4.79 Å². The zero-order valence-electron chi connectivity index (χ0n) is 13.9. The highest BCUT2D eigenvalue weighted by atomic mass is 16.5. The first-order valence-corrected chi connectivity index (χ1v) is 7.46. The van der Waals surface area contributed by atoms with E-state index in [0.29, 0.717) is 12.1 Å². The van der Waals surface area contributed by atoms with Crippen LogP contribution in [0.3, 0.4) is 0 Å². The van der Waals surface area contributed by atoms with E-state index in [0.717, 1.165) is 16.8 Å². The maximum atomic E-state index is 12.3. The predicted molar refractivity (Wildman–Crippen MR) is 89.9 cm³/mol. The molecular weight excluding hydrogens is 308 g/mol. The number of hydrogen-bond acceptors (Lipinski definition) is 4. The maximum absolute atomic E-state index is 12.3. The van der Waals surface area contributed by atoms with Crippen LogP contribution in [0.1, 0.15) is 23.7 Å². The van der Waals surface area contributed by atoms with Crippen molar-refractivity contribution in [1.82, 2.24) is 4.98 Å². The van der Waals surface area contributed by atoms with Gasteiger partial charge in [0.05, 0.1) is 0 Å². The molecule has 2 N–H and O–H groups in total. The smallest absolute Gasteiger partial charge is 0.345 e. The van der Waals surface area contributed by atoms with Gasteiger partial charge < -0.3 is 15.2 Å². The predicted octanol–water partition coefficient (Wildman–Crippen LogP) is 2.41. The Balaban J connectivity index is 2.23. The number of aryl methyl sites for hydroxylation is 1. The summed E-state index contributed by atoms with van der Waals surface area (Å²) in [5, 5.41) is 11.8. The van der Waals surface area contributed by atoms with Crippen molar-refractivity contribution in [1.29, 1.82) is 0 Å². The lowest BCUT2D eigenvalue weighted by Gasteiger charge is -2.22. The van der Waals surface area contributed by atoms with E-state index in [1.165, 1.54) is 14.0 Å². The number of carboxylic acid groups (broad SMARTS) is 1. The van der Waals surface area contributed by atoms with E-state index in [9.17, 15) is 14.7 Å². The van der Waals surface area contributed by atoms with E-state index < -0.39 is 17.5 Å². The zero-order valence-corrected chi connectivity index (χ0v) is 13.9. The van der Waals surface area contributed by atoms with Crippen LogP contribution in [0.25, 0.3) is 0 Å². The fourth-order valence-corrected chi connectivity index (χ4v) is 2.14. The van der Waals surface area contributed by atoms with Crippen LogP contribution >= 0.6 is 0 Å². The van der Waals surface area contributed by atoms with Crippen molar-refractivity contribution in [2.45, 2.75) is 25.9 Å². The molecule has 0 fully saturated rings. The normalized spacial score (nSPS) is 13.1. The van der Waals surface area contributed by atoms with Crippen LogP contribution in [0.5, 0.6) is 0 Å². The number of pyridine rings is 1. The van der Waals surface area contributed by atoms with Gasteiger partial charge >= 0.3 is 5.97 Å². The molecule has 126 valence electrons. The van der Waals surface area contributed by atoms with Gasteiger partial charge in [0.1, 0.15) is 0 Å². The summed E-state index contributed by atoms with van der Waals surface area (Å²) in [6, 6.07) is 11.3. The number of aliphatic carboxylic acids is 1. The van der Waals surface area contributed by atoms with Gasteiger partial charge in [0.15, 0.2) is 0 Å². The summed E-state index contributed by atoms with van der Waals surface area (Å²) in [7, 11) is 1.19. The molecule has 0 aliphatic rings. The minimum atomic E-state index is -1.94. The molecule has 1 heterocycles. The molecule has 0 saturated carbocycles. The summed E-state index contributed by atoms with van der Waals surface area (Å²) in [4.78, 5) is 27.9. The highest BCUT2D eigenvalue weighted by molar-refractivity contribution is 6.11. The molecule has 2 rings (SSSR count). The van der Waals surface area contributed by atoms with Crippen molar-refractivity contribution in [3.05, 3.63) is 59.4 Å². The second kappa shape index (κ2) is 7.23. The highest BCUT2D eigenvalue weighted by Crippen LogP contribution is 2.21. The molecule has 0 saturated heterocycles. The summed E-state index contributed by atoms with van der Waals surface area (Å²) < 4.78 is 4.88. The van der Waals surface area contributed by atoms with Crippen molar-refractivity contribution < 1.29 is 19.4 Å². The van der Waals surface area contributed by atoms with Crippen LogP contribution in [0.2, 0.25) is 0 Å². The fraction of sp³-hybridized carbons (Fsp3) is 0.278. The third-order valence-corrected chi connectivity index (χ3v) is 3.91. The van der Waals surface area contributed by atoms with Gasteiger partial charge in [-0.1, -0.05) is 18.2 Å². The number of anilines is 1. The average Bonchev–Trinajstić information content (AvgIpc) is 2.57. The minimum Gasteiger partial charge on any atom is -0.479 e. The topological polar surface area (TPSA) is 88.5 Å². The Hall–Kier alpha value is -2.73. The van der Waals surface area contributed by atoms with E-state index >= 15 is 0 Å². The molecule has 24 heavy (non-hydrogen) atoms. The van der Waals surface area contributed by atoms with Gasteiger partial charge in [-0.15, -0.1) is 0 Å². The van der Waals surface area contributed by atoms with Crippen LogP contribution in [0.4, 0.5) is 5.69 Å². The van der Waals surface area contributed by atoms with Crippen LogP contribution in [0.15, 0.2) is 42.6 Å². The fourth-order valence-electron chi connectivity index (χ4n) is 2.14. The van der Waals surface area contributed by atoms with E-state index in [-0.39, 0.29) is 0 Å². The molecule has 0 bridgehead atoms. The minimum absolute atomic E-state index is 0.554. The average molecular weight is 328 g/mol. The molecule has 1 aromatic heterocycles. The monoisotopic (exact) mass is 328 g/mol. The lowest BCUT2D eigenvalue weighted by Crippen LogP contribution is -2.48. The van der Waals surface area contributed by atoms with Crippen molar-refractivity contribution in [2.24, 2.45) is 0 Å². The highest BCUT2D eigenvalue weighted by Gasteiger charge is 2.41. The van der Waals surface area contributed by atoms with Gasteiger partial charge in [-0.05, 0) is 43.2 Å². The number of carboxylic acids is 1. The second-order valence-corrected chi connectivity index (χ2v) is 5.64. The number of carbonyl (C=O) groups excluding carboxylic acids is 1. The second-order valence-electron chi connectivity index (χ2n) is 5.64. The van der Waals surface area contributed by atoms with Crippen molar-refractivity contribution in [3.8, 4) is 0 Å². The molecule has 1 atom stereocenters. The van der Waals surface area contributed by atoms with Crippen LogP contribution in [-0.4, -0.2) is 34.7 Å². The Morgan fingerprint density at radius 3 is 2.62 bits per heavy atom. The SMILES string of the molecule is COC(C)(C(=O)O)C(=O)Nc1cc(Cc2ccccn2)ccc1C. The van der Waals surface area contributed by atoms with Gasteiger partial charge in [-0.2, -0.15) is 0 Å². The third-order valence-electron chi connectivity index (χ3n) is 3.91. The summed E-state index contributed by atoms with van der Waals surface area (Å²) >= 11 is 0. The Morgan fingerprint density at radius 2 is 2.04 bits per heavy atom. The number of aromatic nitrogens is 1. The van der Waals surface area contributed by atoms with Crippen LogP contribution < -0.4 is 5.32 Å². The molecule has 6 heteroatoms. The third kappa shape index (κ3) is 3.78. The molecule has 0 aliphatic heterocycles. The largest absolute Gasteiger partial charge is 0.479 e. The van der Waals surface area contributed by atoms with Crippen molar-refractivity contribution in [3.63, 3.8) is 0 Å². The van der Waals surface area contributed by atoms with E-state index in [2.05, 4.69) is 10.3 Å². The summed E-state index contributed by atoms with van der Waals surface area (Å²) in [5.41, 5.74) is 1.31. The number of nitrogens with one attached hydrogen (secondary N) is 1. The van der Waals surface area contributed by atoms with Crippen molar-refractivity contribution in [2.75, 3.05) is 12.4 Å². The van der Waals surface area contributed by atoms with Gasteiger partial charge in [-0.3, -0.25) is 9.78 Å². The van der Waals surface area contributed by atoms with E-state index in [1.807, 2.05) is 43.3 Å². The van der Waals surface area contributed by atoms with Crippen LogP contribution in [0, 0.1) is 6.92 Å². The number of hydrogen-bond donors (Lipinski definition) is 2. The Kier molecular flexibility index (Phi) is 5.31.